The minimum Gasteiger partial charge on any atom is -0.300 e. The normalized spacial score (nSPS) is 21.5. The van der Waals surface area contributed by atoms with E-state index >= 15 is 0 Å². The summed E-state index contributed by atoms with van der Waals surface area (Å²) >= 11 is 0. The van der Waals surface area contributed by atoms with Gasteiger partial charge in [-0.3, -0.25) is 0 Å². The second-order valence-electron chi connectivity index (χ2n) is 3.55. The van der Waals surface area contributed by atoms with E-state index < -0.39 is 11.3 Å². The maximum absolute atomic E-state index is 12.8. The van der Waals surface area contributed by atoms with Crippen LogP contribution in [0.1, 0.15) is 33.1 Å². The molecule has 0 aliphatic heterocycles. The van der Waals surface area contributed by atoms with Gasteiger partial charge in [-0.1, -0.05) is 0 Å². The van der Waals surface area contributed by atoms with E-state index in [-0.39, 0.29) is 12.2 Å². The SMILES string of the molecule is CC(=O)CC1(C(C)(F)F)CC1. The van der Waals surface area contributed by atoms with Crippen LogP contribution in [0.3, 0.4) is 0 Å². The molecule has 0 bridgehead atoms. The number of ketones is 1. The summed E-state index contributed by atoms with van der Waals surface area (Å²) in [5.41, 5.74) is -0.973. The lowest BCUT2D eigenvalue weighted by Gasteiger charge is -2.21. The third kappa shape index (κ3) is 1.57. The maximum atomic E-state index is 12.8. The van der Waals surface area contributed by atoms with Gasteiger partial charge in [-0.25, -0.2) is 8.78 Å². The third-order valence-electron chi connectivity index (χ3n) is 2.37. The number of alkyl halides is 2. The highest BCUT2D eigenvalue weighted by Crippen LogP contribution is 2.59. The van der Waals surface area contributed by atoms with Gasteiger partial charge in [0.15, 0.2) is 0 Å². The van der Waals surface area contributed by atoms with E-state index in [2.05, 4.69) is 0 Å². The van der Waals surface area contributed by atoms with Gasteiger partial charge in [-0.05, 0) is 26.7 Å². The molecule has 1 nitrogen and oxygen atoms in total. The summed E-state index contributed by atoms with van der Waals surface area (Å²) in [7, 11) is 0. The van der Waals surface area contributed by atoms with Crippen molar-refractivity contribution >= 4 is 5.78 Å². The zero-order valence-corrected chi connectivity index (χ0v) is 6.79. The largest absolute Gasteiger partial charge is 0.300 e. The first kappa shape index (κ1) is 8.62. The molecule has 11 heavy (non-hydrogen) atoms. The van der Waals surface area contributed by atoms with Crippen molar-refractivity contribution in [2.75, 3.05) is 0 Å². The topological polar surface area (TPSA) is 17.1 Å². The molecule has 0 amide bonds. The van der Waals surface area contributed by atoms with Crippen molar-refractivity contribution in [2.24, 2.45) is 5.41 Å². The molecule has 0 spiro atoms. The lowest BCUT2D eigenvalue weighted by molar-refractivity contribution is -0.124. The van der Waals surface area contributed by atoms with Gasteiger partial charge in [0.1, 0.15) is 5.78 Å². The van der Waals surface area contributed by atoms with E-state index in [0.717, 1.165) is 6.92 Å². The molecule has 0 atom stereocenters. The van der Waals surface area contributed by atoms with Crippen molar-refractivity contribution < 1.29 is 13.6 Å². The van der Waals surface area contributed by atoms with Crippen LogP contribution in [0.15, 0.2) is 0 Å². The molecule has 1 saturated carbocycles. The van der Waals surface area contributed by atoms with Crippen LogP contribution in [0.25, 0.3) is 0 Å². The minimum absolute atomic E-state index is 0.0382. The zero-order chi connectivity index (χ0) is 8.70. The van der Waals surface area contributed by atoms with Gasteiger partial charge < -0.3 is 4.79 Å². The number of carbonyl (C=O) groups is 1. The molecule has 1 rings (SSSR count). The first-order valence-corrected chi connectivity index (χ1v) is 3.75. The van der Waals surface area contributed by atoms with Crippen molar-refractivity contribution in [3.63, 3.8) is 0 Å². The Bertz CT molecular complexity index is 177. The molecule has 0 N–H and O–H groups in total. The standard InChI is InChI=1S/C8H12F2O/c1-6(11)5-8(3-4-8)7(2,9)10/h3-5H2,1-2H3. The van der Waals surface area contributed by atoms with Gasteiger partial charge in [0.2, 0.25) is 0 Å². The van der Waals surface area contributed by atoms with E-state index in [0.29, 0.717) is 12.8 Å². The third-order valence-corrected chi connectivity index (χ3v) is 2.37. The van der Waals surface area contributed by atoms with Gasteiger partial charge in [-0.2, -0.15) is 0 Å². The molecular weight excluding hydrogens is 150 g/mol. The van der Waals surface area contributed by atoms with Gasteiger partial charge in [0, 0.05) is 11.8 Å². The predicted octanol–water partition coefficient (Wildman–Crippen LogP) is 2.40. The van der Waals surface area contributed by atoms with Crippen molar-refractivity contribution in [3.05, 3.63) is 0 Å². The van der Waals surface area contributed by atoms with Crippen molar-refractivity contribution in [1.82, 2.24) is 0 Å². The fourth-order valence-corrected chi connectivity index (χ4v) is 1.40. The fraction of sp³-hybridized carbons (Fsp3) is 0.875. The number of hydrogen-bond donors (Lipinski definition) is 0. The van der Waals surface area contributed by atoms with E-state index in [1.807, 2.05) is 0 Å². The highest BCUT2D eigenvalue weighted by Gasteiger charge is 2.59. The van der Waals surface area contributed by atoms with Crippen LogP contribution in [-0.2, 0) is 4.79 Å². The van der Waals surface area contributed by atoms with Crippen LogP contribution >= 0.6 is 0 Å². The summed E-state index contributed by atoms with van der Waals surface area (Å²) in [4.78, 5) is 10.6. The Morgan fingerprint density at radius 2 is 2.00 bits per heavy atom. The second kappa shape index (κ2) is 2.26. The van der Waals surface area contributed by atoms with Crippen molar-refractivity contribution in [2.45, 2.75) is 39.0 Å². The Morgan fingerprint density at radius 3 is 2.09 bits per heavy atom. The average Bonchev–Trinajstić information content (AvgIpc) is 2.42. The van der Waals surface area contributed by atoms with E-state index in [4.69, 9.17) is 0 Å². The Morgan fingerprint density at radius 1 is 1.55 bits per heavy atom. The van der Waals surface area contributed by atoms with Crippen LogP contribution in [0, 0.1) is 5.41 Å². The molecule has 0 unspecified atom stereocenters. The molecular formula is C8H12F2O. The summed E-state index contributed by atoms with van der Waals surface area (Å²) < 4.78 is 25.5. The van der Waals surface area contributed by atoms with Gasteiger partial charge >= 0.3 is 0 Å². The van der Waals surface area contributed by atoms with Gasteiger partial charge in [0.25, 0.3) is 5.92 Å². The quantitative estimate of drug-likeness (QED) is 0.622. The first-order valence-electron chi connectivity index (χ1n) is 3.75. The van der Waals surface area contributed by atoms with Crippen molar-refractivity contribution in [1.29, 1.82) is 0 Å². The summed E-state index contributed by atoms with van der Waals surface area (Å²) in [6.45, 7) is 2.27. The molecule has 1 aliphatic carbocycles. The first-order chi connectivity index (χ1) is 4.87. The van der Waals surface area contributed by atoms with Crippen LogP contribution < -0.4 is 0 Å². The van der Waals surface area contributed by atoms with Crippen LogP contribution in [0.2, 0.25) is 0 Å². The predicted molar refractivity (Wildman–Crippen MR) is 37.6 cm³/mol. The molecule has 1 aliphatic rings. The molecule has 64 valence electrons. The van der Waals surface area contributed by atoms with Crippen molar-refractivity contribution in [3.8, 4) is 0 Å². The van der Waals surface area contributed by atoms with E-state index in [1.165, 1.54) is 6.92 Å². The van der Waals surface area contributed by atoms with Crippen LogP contribution in [0.5, 0.6) is 0 Å². The number of Topliss-reactive ketones (excluding diaryl/α,β-unsaturated/α-hetero) is 1. The highest BCUT2D eigenvalue weighted by molar-refractivity contribution is 5.76. The van der Waals surface area contributed by atoms with E-state index in [9.17, 15) is 13.6 Å². The molecule has 0 radical (unpaired) electrons. The monoisotopic (exact) mass is 162 g/mol. The highest BCUT2D eigenvalue weighted by atomic mass is 19.3. The zero-order valence-electron chi connectivity index (χ0n) is 6.79. The summed E-state index contributed by atoms with van der Waals surface area (Å²) in [6.07, 6.45) is 1.03. The Balaban J connectivity index is 2.61. The summed E-state index contributed by atoms with van der Waals surface area (Å²) in [5.74, 6) is -2.82. The molecule has 0 saturated heterocycles. The Labute approximate surface area is 64.8 Å². The summed E-state index contributed by atoms with van der Waals surface area (Å²) in [6, 6.07) is 0. The molecule has 0 aromatic rings. The van der Waals surface area contributed by atoms with Gasteiger partial charge in [0.05, 0.1) is 0 Å². The molecule has 0 aromatic heterocycles. The number of carbonyl (C=O) groups excluding carboxylic acids is 1. The smallest absolute Gasteiger partial charge is 0.251 e. The lowest BCUT2D eigenvalue weighted by Crippen LogP contribution is -2.27. The Hall–Kier alpha value is -0.470. The maximum Gasteiger partial charge on any atom is 0.251 e. The van der Waals surface area contributed by atoms with Crippen LogP contribution in [0.4, 0.5) is 8.78 Å². The minimum atomic E-state index is -2.68. The molecule has 3 heteroatoms. The van der Waals surface area contributed by atoms with E-state index in [1.54, 1.807) is 0 Å². The molecule has 0 heterocycles. The summed E-state index contributed by atoms with van der Waals surface area (Å²) in [5, 5.41) is 0. The Kier molecular flexibility index (Phi) is 1.77. The van der Waals surface area contributed by atoms with Crippen LogP contribution in [-0.4, -0.2) is 11.7 Å². The fourth-order valence-electron chi connectivity index (χ4n) is 1.40. The number of hydrogen-bond acceptors (Lipinski definition) is 1. The molecule has 0 aromatic carbocycles. The van der Waals surface area contributed by atoms with Gasteiger partial charge in [-0.15, -0.1) is 0 Å². The average molecular weight is 162 g/mol. The molecule has 1 fully saturated rings. The number of rotatable bonds is 3. The number of halogens is 2. The second-order valence-corrected chi connectivity index (χ2v) is 3.55. The lowest BCUT2D eigenvalue weighted by atomic mass is 9.93.